The van der Waals surface area contributed by atoms with E-state index in [-0.39, 0.29) is 17.2 Å². The molecule has 1 atom stereocenters. The summed E-state index contributed by atoms with van der Waals surface area (Å²) in [5.74, 6) is -0.128. The lowest BCUT2D eigenvalue weighted by Gasteiger charge is -2.45. The molecule has 3 heteroatoms. The fraction of sp³-hybridized carbons (Fsp3) is 0.818. The molecule has 78 valence electrons. The summed E-state index contributed by atoms with van der Waals surface area (Å²) in [7, 11) is 0. The molecule has 2 aliphatic rings. The maximum atomic E-state index is 11.8. The number of hydrogen-bond donors (Lipinski definition) is 1. The van der Waals surface area contributed by atoms with Gasteiger partial charge in [-0.2, -0.15) is 0 Å². The van der Waals surface area contributed by atoms with E-state index in [0.29, 0.717) is 6.42 Å². The Morgan fingerprint density at radius 2 is 1.79 bits per heavy atom. The molecular weight excluding hydrogens is 178 g/mol. The summed E-state index contributed by atoms with van der Waals surface area (Å²) < 4.78 is 0. The third kappa shape index (κ3) is 1.11. The van der Waals surface area contributed by atoms with E-state index in [2.05, 4.69) is 19.2 Å². The zero-order valence-corrected chi connectivity index (χ0v) is 8.85. The quantitative estimate of drug-likeness (QED) is 0.597. The number of carbonyl (C=O) groups excluding carboxylic acids is 2. The SMILES string of the molecule is CC1(C)CCCCC12CC(=O)NC2=O. The van der Waals surface area contributed by atoms with Crippen LogP contribution in [0, 0.1) is 10.8 Å². The van der Waals surface area contributed by atoms with Crippen molar-refractivity contribution in [3.63, 3.8) is 0 Å². The topological polar surface area (TPSA) is 46.2 Å². The van der Waals surface area contributed by atoms with Gasteiger partial charge in [0.15, 0.2) is 0 Å². The van der Waals surface area contributed by atoms with Gasteiger partial charge >= 0.3 is 0 Å². The van der Waals surface area contributed by atoms with Crippen LogP contribution in [-0.4, -0.2) is 11.8 Å². The number of nitrogens with one attached hydrogen (secondary N) is 1. The summed E-state index contributed by atoms with van der Waals surface area (Å²) in [6.07, 6.45) is 4.57. The predicted molar refractivity (Wildman–Crippen MR) is 52.4 cm³/mol. The number of amides is 2. The van der Waals surface area contributed by atoms with Gasteiger partial charge in [0.05, 0.1) is 5.41 Å². The summed E-state index contributed by atoms with van der Waals surface area (Å²) in [6.45, 7) is 4.23. The summed E-state index contributed by atoms with van der Waals surface area (Å²) in [5.41, 5.74) is -0.427. The average molecular weight is 195 g/mol. The minimum absolute atomic E-state index is 0.0263. The molecule has 1 heterocycles. The second kappa shape index (κ2) is 2.81. The molecule has 2 rings (SSSR count). The largest absolute Gasteiger partial charge is 0.296 e. The van der Waals surface area contributed by atoms with Crippen LogP contribution in [0.4, 0.5) is 0 Å². The molecule has 3 nitrogen and oxygen atoms in total. The molecule has 1 spiro atoms. The van der Waals surface area contributed by atoms with Crippen molar-refractivity contribution >= 4 is 11.8 Å². The van der Waals surface area contributed by atoms with E-state index in [1.165, 1.54) is 6.42 Å². The molecule has 2 fully saturated rings. The van der Waals surface area contributed by atoms with Crippen molar-refractivity contribution in [2.75, 3.05) is 0 Å². The number of carbonyl (C=O) groups is 2. The Labute approximate surface area is 84.2 Å². The van der Waals surface area contributed by atoms with E-state index >= 15 is 0 Å². The van der Waals surface area contributed by atoms with E-state index < -0.39 is 5.41 Å². The predicted octanol–water partition coefficient (Wildman–Crippen LogP) is 1.62. The molecule has 2 amide bonds. The van der Waals surface area contributed by atoms with Crippen LogP contribution in [0.25, 0.3) is 0 Å². The third-order valence-electron chi connectivity index (χ3n) is 4.10. The van der Waals surface area contributed by atoms with Crippen LogP contribution in [0.5, 0.6) is 0 Å². The highest BCUT2D eigenvalue weighted by molar-refractivity contribution is 6.06. The summed E-state index contributed by atoms with van der Waals surface area (Å²) in [5, 5.41) is 2.46. The average Bonchev–Trinajstić information content (AvgIpc) is 2.35. The van der Waals surface area contributed by atoms with Gasteiger partial charge in [-0.15, -0.1) is 0 Å². The van der Waals surface area contributed by atoms with Crippen molar-refractivity contribution in [3.8, 4) is 0 Å². The lowest BCUT2D eigenvalue weighted by molar-refractivity contribution is -0.137. The molecule has 1 aliphatic heterocycles. The number of rotatable bonds is 0. The molecule has 1 N–H and O–H groups in total. The number of imide groups is 1. The van der Waals surface area contributed by atoms with Crippen LogP contribution in [-0.2, 0) is 9.59 Å². The summed E-state index contributed by atoms with van der Waals surface area (Å²) in [6, 6.07) is 0. The zero-order chi connectivity index (χ0) is 10.4. The Kier molecular flexibility index (Phi) is 1.95. The molecule has 1 aliphatic carbocycles. The highest BCUT2D eigenvalue weighted by Gasteiger charge is 2.56. The second-order valence-corrected chi connectivity index (χ2v) is 5.23. The van der Waals surface area contributed by atoms with Crippen molar-refractivity contribution in [3.05, 3.63) is 0 Å². The van der Waals surface area contributed by atoms with Gasteiger partial charge in [-0.3, -0.25) is 14.9 Å². The van der Waals surface area contributed by atoms with Gasteiger partial charge in [-0.05, 0) is 18.3 Å². The maximum absolute atomic E-state index is 11.8. The lowest BCUT2D eigenvalue weighted by atomic mass is 9.57. The van der Waals surface area contributed by atoms with E-state index in [4.69, 9.17) is 0 Å². The van der Waals surface area contributed by atoms with Crippen LogP contribution in [0.15, 0.2) is 0 Å². The minimum atomic E-state index is -0.400. The first kappa shape index (κ1) is 9.69. The van der Waals surface area contributed by atoms with Crippen LogP contribution < -0.4 is 5.32 Å². The van der Waals surface area contributed by atoms with Gasteiger partial charge in [0, 0.05) is 6.42 Å². The second-order valence-electron chi connectivity index (χ2n) is 5.23. The smallest absolute Gasteiger partial charge is 0.233 e. The zero-order valence-electron chi connectivity index (χ0n) is 8.85. The third-order valence-corrected chi connectivity index (χ3v) is 4.10. The molecule has 1 saturated heterocycles. The standard InChI is InChI=1S/C11H17NO2/c1-10(2)5-3-4-6-11(10)7-8(13)12-9(11)14/h3-7H2,1-2H3,(H,12,13,14). The molecule has 1 saturated carbocycles. The molecule has 0 aromatic rings. The Morgan fingerprint density at radius 3 is 2.29 bits per heavy atom. The van der Waals surface area contributed by atoms with Crippen LogP contribution in [0.1, 0.15) is 46.0 Å². The maximum Gasteiger partial charge on any atom is 0.233 e. The van der Waals surface area contributed by atoms with Crippen molar-refractivity contribution < 1.29 is 9.59 Å². The molecule has 0 aromatic carbocycles. The van der Waals surface area contributed by atoms with Gasteiger partial charge in [-0.25, -0.2) is 0 Å². The van der Waals surface area contributed by atoms with Crippen LogP contribution in [0.2, 0.25) is 0 Å². The van der Waals surface area contributed by atoms with Crippen molar-refractivity contribution in [1.29, 1.82) is 0 Å². The highest BCUT2D eigenvalue weighted by atomic mass is 16.2. The first-order valence-electron chi connectivity index (χ1n) is 5.32. The number of hydrogen-bond acceptors (Lipinski definition) is 2. The molecule has 0 bridgehead atoms. The highest BCUT2D eigenvalue weighted by Crippen LogP contribution is 2.54. The van der Waals surface area contributed by atoms with Crippen molar-refractivity contribution in [1.82, 2.24) is 5.32 Å². The Hall–Kier alpha value is -0.860. The molecule has 14 heavy (non-hydrogen) atoms. The molecule has 1 unspecified atom stereocenters. The van der Waals surface area contributed by atoms with E-state index in [1.54, 1.807) is 0 Å². The fourth-order valence-electron chi connectivity index (χ4n) is 2.96. The van der Waals surface area contributed by atoms with Crippen molar-refractivity contribution in [2.45, 2.75) is 46.0 Å². The lowest BCUT2D eigenvalue weighted by Crippen LogP contribution is -2.46. The monoisotopic (exact) mass is 195 g/mol. The van der Waals surface area contributed by atoms with Gasteiger partial charge in [0.2, 0.25) is 11.8 Å². The van der Waals surface area contributed by atoms with Gasteiger partial charge in [0.1, 0.15) is 0 Å². The minimum Gasteiger partial charge on any atom is -0.296 e. The Balaban J connectivity index is 2.37. The van der Waals surface area contributed by atoms with Crippen LogP contribution >= 0.6 is 0 Å². The van der Waals surface area contributed by atoms with Crippen molar-refractivity contribution in [2.24, 2.45) is 10.8 Å². The first-order chi connectivity index (χ1) is 6.48. The van der Waals surface area contributed by atoms with E-state index in [0.717, 1.165) is 19.3 Å². The van der Waals surface area contributed by atoms with E-state index in [1.807, 2.05) is 0 Å². The van der Waals surface area contributed by atoms with Gasteiger partial charge < -0.3 is 0 Å². The van der Waals surface area contributed by atoms with E-state index in [9.17, 15) is 9.59 Å². The Bertz CT molecular complexity index is 296. The normalized spacial score (nSPS) is 36.1. The van der Waals surface area contributed by atoms with Crippen LogP contribution in [0.3, 0.4) is 0 Å². The van der Waals surface area contributed by atoms with Gasteiger partial charge in [-0.1, -0.05) is 26.7 Å². The summed E-state index contributed by atoms with van der Waals surface area (Å²) >= 11 is 0. The Morgan fingerprint density at radius 1 is 1.14 bits per heavy atom. The molecule has 0 aromatic heterocycles. The van der Waals surface area contributed by atoms with Gasteiger partial charge in [0.25, 0.3) is 0 Å². The fourth-order valence-corrected chi connectivity index (χ4v) is 2.96. The molecular formula is C11H17NO2. The molecule has 0 radical (unpaired) electrons. The summed E-state index contributed by atoms with van der Waals surface area (Å²) in [4.78, 5) is 23.1. The first-order valence-corrected chi connectivity index (χ1v) is 5.32.